The number of hydrogen-bond donors (Lipinski definition) is 2. The molecule has 0 aromatic heterocycles. The Morgan fingerprint density at radius 3 is 2.56 bits per heavy atom. The normalized spacial score (nSPS) is 10.0. The zero-order chi connectivity index (χ0) is 6.95. The Hall–Kier alpha value is 0.230. The van der Waals surface area contributed by atoms with Crippen molar-refractivity contribution in [3.05, 3.63) is 0 Å². The molecule has 0 aromatic rings. The van der Waals surface area contributed by atoms with Crippen LogP contribution in [-0.4, -0.2) is 41.7 Å². The molecule has 0 radical (unpaired) electrons. The van der Waals surface area contributed by atoms with E-state index in [0.717, 1.165) is 11.5 Å². The van der Waals surface area contributed by atoms with Gasteiger partial charge in [0.15, 0.2) is 0 Å². The SMILES string of the molecule is OCCSCCOCO. The molecule has 0 aliphatic carbocycles. The van der Waals surface area contributed by atoms with Gasteiger partial charge in [0, 0.05) is 11.5 Å². The van der Waals surface area contributed by atoms with Crippen molar-refractivity contribution < 1.29 is 14.9 Å². The summed E-state index contributed by atoms with van der Waals surface area (Å²) in [5.41, 5.74) is 0. The van der Waals surface area contributed by atoms with E-state index in [-0.39, 0.29) is 13.4 Å². The first-order valence-electron chi connectivity index (χ1n) is 2.79. The van der Waals surface area contributed by atoms with Crippen LogP contribution < -0.4 is 0 Å². The third-order valence-electron chi connectivity index (χ3n) is 0.699. The predicted octanol–water partition coefficient (Wildman–Crippen LogP) is -0.322. The Kier molecular flexibility index (Phi) is 8.44. The lowest BCUT2D eigenvalue weighted by atomic mass is 10.8. The standard InChI is InChI=1S/C5H12O3S/c6-1-3-9-4-2-8-5-7/h6-7H,1-5H2. The maximum atomic E-state index is 8.31. The van der Waals surface area contributed by atoms with Crippen LogP contribution in [0.4, 0.5) is 0 Å². The molecule has 0 atom stereocenters. The number of aliphatic hydroxyl groups is 2. The lowest BCUT2D eigenvalue weighted by molar-refractivity contribution is 0.00671. The second-order valence-electron chi connectivity index (χ2n) is 1.37. The fourth-order valence-electron chi connectivity index (χ4n) is 0.349. The summed E-state index contributed by atoms with van der Waals surface area (Å²) in [7, 11) is 0. The van der Waals surface area contributed by atoms with Crippen LogP contribution in [0.15, 0.2) is 0 Å². The Morgan fingerprint density at radius 1 is 1.22 bits per heavy atom. The summed E-state index contributed by atoms with van der Waals surface area (Å²) in [6, 6.07) is 0. The Balaban J connectivity index is 2.60. The first-order chi connectivity index (χ1) is 4.41. The van der Waals surface area contributed by atoms with Gasteiger partial charge in [-0.15, -0.1) is 0 Å². The maximum Gasteiger partial charge on any atom is 0.143 e. The van der Waals surface area contributed by atoms with Crippen molar-refractivity contribution in [3.8, 4) is 0 Å². The quantitative estimate of drug-likeness (QED) is 0.404. The topological polar surface area (TPSA) is 49.7 Å². The molecule has 4 heteroatoms. The van der Waals surface area contributed by atoms with Gasteiger partial charge in [0.2, 0.25) is 0 Å². The van der Waals surface area contributed by atoms with E-state index < -0.39 is 0 Å². The molecule has 0 rings (SSSR count). The highest BCUT2D eigenvalue weighted by Crippen LogP contribution is 1.96. The summed E-state index contributed by atoms with van der Waals surface area (Å²) >= 11 is 1.61. The molecule has 56 valence electrons. The van der Waals surface area contributed by atoms with Crippen molar-refractivity contribution in [2.24, 2.45) is 0 Å². The van der Waals surface area contributed by atoms with Crippen LogP contribution in [0.2, 0.25) is 0 Å². The molecule has 0 heterocycles. The molecule has 2 N–H and O–H groups in total. The largest absolute Gasteiger partial charge is 0.396 e. The second-order valence-corrected chi connectivity index (χ2v) is 2.60. The summed E-state index contributed by atoms with van der Waals surface area (Å²) in [6.07, 6.45) is 0. The predicted molar refractivity (Wildman–Crippen MR) is 37.4 cm³/mol. The van der Waals surface area contributed by atoms with Crippen LogP contribution in [0.25, 0.3) is 0 Å². The van der Waals surface area contributed by atoms with Gasteiger partial charge >= 0.3 is 0 Å². The molecule has 0 unspecified atom stereocenters. The van der Waals surface area contributed by atoms with Crippen LogP contribution in [0.3, 0.4) is 0 Å². The van der Waals surface area contributed by atoms with E-state index in [9.17, 15) is 0 Å². The van der Waals surface area contributed by atoms with Gasteiger partial charge in [-0.2, -0.15) is 11.8 Å². The summed E-state index contributed by atoms with van der Waals surface area (Å²) in [6.45, 7) is 0.560. The number of aliphatic hydroxyl groups excluding tert-OH is 2. The van der Waals surface area contributed by atoms with E-state index in [1.54, 1.807) is 11.8 Å². The molecule has 0 saturated heterocycles. The number of thioether (sulfide) groups is 1. The first-order valence-corrected chi connectivity index (χ1v) is 3.94. The van der Waals surface area contributed by atoms with Gasteiger partial charge in [0.05, 0.1) is 13.2 Å². The number of hydrogen-bond acceptors (Lipinski definition) is 4. The van der Waals surface area contributed by atoms with Gasteiger partial charge in [-0.1, -0.05) is 0 Å². The zero-order valence-corrected chi connectivity index (χ0v) is 6.06. The van der Waals surface area contributed by atoms with Gasteiger partial charge in [0.25, 0.3) is 0 Å². The molecule has 0 aromatic carbocycles. The Labute approximate surface area is 59.0 Å². The van der Waals surface area contributed by atoms with Crippen molar-refractivity contribution >= 4 is 11.8 Å². The van der Waals surface area contributed by atoms with Gasteiger partial charge in [-0.25, -0.2) is 0 Å². The summed E-state index contributed by atoms with van der Waals surface area (Å²) in [4.78, 5) is 0. The van der Waals surface area contributed by atoms with Gasteiger partial charge in [-0.05, 0) is 0 Å². The minimum absolute atomic E-state index is 0.209. The molecule has 3 nitrogen and oxygen atoms in total. The molecule has 0 saturated carbocycles. The minimum atomic E-state index is -0.209. The average molecular weight is 152 g/mol. The van der Waals surface area contributed by atoms with Crippen molar-refractivity contribution in [1.29, 1.82) is 0 Å². The fourth-order valence-corrected chi connectivity index (χ4v) is 0.918. The third-order valence-corrected chi connectivity index (χ3v) is 1.63. The smallest absolute Gasteiger partial charge is 0.143 e. The van der Waals surface area contributed by atoms with E-state index in [4.69, 9.17) is 10.2 Å². The van der Waals surface area contributed by atoms with Crippen LogP contribution >= 0.6 is 11.8 Å². The molecule has 0 aliphatic rings. The van der Waals surface area contributed by atoms with Crippen LogP contribution in [-0.2, 0) is 4.74 Å². The van der Waals surface area contributed by atoms with Gasteiger partial charge in [-0.3, -0.25) is 0 Å². The molecule has 0 amide bonds. The molecular weight excluding hydrogens is 140 g/mol. The van der Waals surface area contributed by atoms with Crippen LogP contribution in [0.1, 0.15) is 0 Å². The van der Waals surface area contributed by atoms with Crippen molar-refractivity contribution in [2.75, 3.05) is 31.5 Å². The van der Waals surface area contributed by atoms with Crippen molar-refractivity contribution in [1.82, 2.24) is 0 Å². The minimum Gasteiger partial charge on any atom is -0.396 e. The van der Waals surface area contributed by atoms with E-state index in [2.05, 4.69) is 4.74 Å². The molecular formula is C5H12O3S. The highest BCUT2D eigenvalue weighted by atomic mass is 32.2. The van der Waals surface area contributed by atoms with E-state index in [0.29, 0.717) is 6.61 Å². The maximum absolute atomic E-state index is 8.31. The van der Waals surface area contributed by atoms with Crippen molar-refractivity contribution in [3.63, 3.8) is 0 Å². The van der Waals surface area contributed by atoms with Gasteiger partial charge in [0.1, 0.15) is 6.79 Å². The summed E-state index contributed by atoms with van der Waals surface area (Å²) < 4.78 is 4.63. The molecule has 9 heavy (non-hydrogen) atoms. The highest BCUT2D eigenvalue weighted by Gasteiger charge is 1.86. The van der Waals surface area contributed by atoms with Crippen molar-refractivity contribution in [2.45, 2.75) is 0 Å². The lowest BCUT2D eigenvalue weighted by Gasteiger charge is -1.97. The lowest BCUT2D eigenvalue weighted by Crippen LogP contribution is -1.99. The molecule has 0 spiro atoms. The monoisotopic (exact) mass is 152 g/mol. The number of ether oxygens (including phenoxy) is 1. The second kappa shape index (κ2) is 8.23. The molecule has 0 bridgehead atoms. The van der Waals surface area contributed by atoms with Crippen LogP contribution in [0.5, 0.6) is 0 Å². The Morgan fingerprint density at radius 2 is 2.00 bits per heavy atom. The Bertz CT molecular complexity index is 45.5. The highest BCUT2D eigenvalue weighted by molar-refractivity contribution is 7.99. The third kappa shape index (κ3) is 8.23. The average Bonchev–Trinajstić information content (AvgIpc) is 1.89. The fraction of sp³-hybridized carbons (Fsp3) is 1.00. The summed E-state index contributed by atoms with van der Waals surface area (Å²) in [5.74, 6) is 1.58. The van der Waals surface area contributed by atoms with Gasteiger partial charge < -0.3 is 14.9 Å². The van der Waals surface area contributed by atoms with E-state index in [1.165, 1.54) is 0 Å². The number of rotatable bonds is 6. The summed E-state index contributed by atoms with van der Waals surface area (Å²) in [5, 5.41) is 16.5. The van der Waals surface area contributed by atoms with E-state index in [1.807, 2.05) is 0 Å². The molecule has 0 fully saturated rings. The van der Waals surface area contributed by atoms with Crippen LogP contribution in [0, 0.1) is 0 Å². The van der Waals surface area contributed by atoms with E-state index >= 15 is 0 Å². The first kappa shape index (κ1) is 9.23. The molecule has 0 aliphatic heterocycles. The zero-order valence-electron chi connectivity index (χ0n) is 5.25.